The lowest BCUT2D eigenvalue weighted by molar-refractivity contribution is 0.0945. The predicted molar refractivity (Wildman–Crippen MR) is 98.5 cm³/mol. The van der Waals surface area contributed by atoms with Crippen LogP contribution in [0.15, 0.2) is 42.5 Å². The fourth-order valence-corrected chi connectivity index (χ4v) is 3.06. The zero-order valence-corrected chi connectivity index (χ0v) is 14.8. The number of hydrogen-bond acceptors (Lipinski definition) is 3. The number of carbonyl (C=O) groups excluding carboxylic acids is 1. The van der Waals surface area contributed by atoms with E-state index in [1.807, 2.05) is 12.1 Å². The topological polar surface area (TPSA) is 35.6 Å². The van der Waals surface area contributed by atoms with Crippen molar-refractivity contribution in [2.24, 2.45) is 0 Å². The summed E-state index contributed by atoms with van der Waals surface area (Å²) in [6, 6.07) is 11.6. The first-order valence-corrected chi connectivity index (χ1v) is 8.79. The van der Waals surface area contributed by atoms with E-state index in [0.29, 0.717) is 13.0 Å². The van der Waals surface area contributed by atoms with E-state index >= 15 is 0 Å². The zero-order chi connectivity index (χ0) is 18.5. The second kappa shape index (κ2) is 8.27. The lowest BCUT2D eigenvalue weighted by Gasteiger charge is -2.34. The molecule has 0 bridgehead atoms. The third-order valence-electron chi connectivity index (χ3n) is 4.69. The van der Waals surface area contributed by atoms with Gasteiger partial charge in [0.25, 0.3) is 5.91 Å². The average Bonchev–Trinajstić information content (AvgIpc) is 2.63. The molecular formula is C20H23F2N3O. The summed E-state index contributed by atoms with van der Waals surface area (Å²) in [6.07, 6.45) is 0.602. The third-order valence-corrected chi connectivity index (χ3v) is 4.69. The molecule has 0 saturated carbocycles. The lowest BCUT2D eigenvalue weighted by Crippen LogP contribution is -2.44. The molecule has 6 heteroatoms. The van der Waals surface area contributed by atoms with Gasteiger partial charge in [-0.25, -0.2) is 8.78 Å². The smallest absolute Gasteiger partial charge is 0.257 e. The van der Waals surface area contributed by atoms with Crippen LogP contribution in [0, 0.1) is 11.6 Å². The second-order valence-electron chi connectivity index (χ2n) is 6.56. The Morgan fingerprint density at radius 2 is 1.62 bits per heavy atom. The Morgan fingerprint density at radius 3 is 2.23 bits per heavy atom. The quantitative estimate of drug-likeness (QED) is 0.892. The predicted octanol–water partition coefficient (Wildman–Crippen LogP) is 2.69. The maximum Gasteiger partial charge on any atom is 0.257 e. The van der Waals surface area contributed by atoms with Crippen LogP contribution in [0.25, 0.3) is 0 Å². The van der Waals surface area contributed by atoms with Crippen LogP contribution in [0.4, 0.5) is 14.5 Å². The molecule has 4 nitrogen and oxygen atoms in total. The molecule has 1 N–H and O–H groups in total. The summed E-state index contributed by atoms with van der Waals surface area (Å²) >= 11 is 0. The van der Waals surface area contributed by atoms with E-state index in [4.69, 9.17) is 0 Å². The second-order valence-corrected chi connectivity index (χ2v) is 6.56. The Kier molecular flexibility index (Phi) is 5.83. The summed E-state index contributed by atoms with van der Waals surface area (Å²) in [4.78, 5) is 16.6. The number of nitrogens with zero attached hydrogens (tertiary/aromatic N) is 2. The van der Waals surface area contributed by atoms with Crippen molar-refractivity contribution in [3.8, 4) is 0 Å². The maximum absolute atomic E-state index is 13.6. The monoisotopic (exact) mass is 359 g/mol. The fourth-order valence-electron chi connectivity index (χ4n) is 3.06. The zero-order valence-electron chi connectivity index (χ0n) is 14.8. The number of rotatable bonds is 5. The maximum atomic E-state index is 13.6. The summed E-state index contributed by atoms with van der Waals surface area (Å²) in [5, 5.41) is 2.58. The van der Waals surface area contributed by atoms with E-state index in [0.717, 1.165) is 43.9 Å². The Bertz CT molecular complexity index is 736. The van der Waals surface area contributed by atoms with Crippen LogP contribution < -0.4 is 10.2 Å². The van der Waals surface area contributed by atoms with Crippen LogP contribution in [0.1, 0.15) is 15.9 Å². The van der Waals surface area contributed by atoms with Crippen LogP contribution in [0.2, 0.25) is 0 Å². The van der Waals surface area contributed by atoms with Crippen LogP contribution in [-0.2, 0) is 6.42 Å². The molecule has 1 saturated heterocycles. The first-order chi connectivity index (χ1) is 12.5. The Morgan fingerprint density at radius 1 is 1.00 bits per heavy atom. The number of likely N-dealkylation sites (N-methyl/N-ethyl adjacent to an activating group) is 1. The molecule has 1 heterocycles. The minimum atomic E-state index is -0.848. The van der Waals surface area contributed by atoms with Crippen LogP contribution in [0.5, 0.6) is 0 Å². The minimum Gasteiger partial charge on any atom is -0.369 e. The van der Waals surface area contributed by atoms with Crippen LogP contribution in [-0.4, -0.2) is 50.6 Å². The highest BCUT2D eigenvalue weighted by Crippen LogP contribution is 2.17. The molecule has 1 aliphatic rings. The number of anilines is 1. The summed E-state index contributed by atoms with van der Waals surface area (Å²) in [5.74, 6) is -2.42. The number of amides is 1. The molecule has 0 atom stereocenters. The minimum absolute atomic E-state index is 0.320. The molecule has 0 aliphatic carbocycles. The van der Waals surface area contributed by atoms with Gasteiger partial charge in [-0.15, -0.1) is 0 Å². The highest BCUT2D eigenvalue weighted by molar-refractivity contribution is 5.94. The third kappa shape index (κ3) is 4.38. The lowest BCUT2D eigenvalue weighted by atomic mass is 10.1. The van der Waals surface area contributed by atoms with Crippen molar-refractivity contribution >= 4 is 11.6 Å². The van der Waals surface area contributed by atoms with E-state index < -0.39 is 23.1 Å². The van der Waals surface area contributed by atoms with Crippen molar-refractivity contribution in [1.29, 1.82) is 0 Å². The Hall–Kier alpha value is -2.47. The van der Waals surface area contributed by atoms with Gasteiger partial charge in [0.2, 0.25) is 0 Å². The number of benzene rings is 2. The van der Waals surface area contributed by atoms with Crippen molar-refractivity contribution in [3.63, 3.8) is 0 Å². The van der Waals surface area contributed by atoms with Crippen molar-refractivity contribution < 1.29 is 13.6 Å². The summed E-state index contributed by atoms with van der Waals surface area (Å²) < 4.78 is 27.2. The highest BCUT2D eigenvalue weighted by atomic mass is 19.1. The van der Waals surface area contributed by atoms with Gasteiger partial charge in [0, 0.05) is 38.4 Å². The largest absolute Gasteiger partial charge is 0.369 e. The van der Waals surface area contributed by atoms with Crippen molar-refractivity contribution in [2.45, 2.75) is 6.42 Å². The molecule has 1 amide bonds. The van der Waals surface area contributed by atoms with E-state index in [1.54, 1.807) is 0 Å². The van der Waals surface area contributed by atoms with E-state index in [2.05, 4.69) is 34.3 Å². The van der Waals surface area contributed by atoms with Gasteiger partial charge in [-0.3, -0.25) is 4.79 Å². The number of halogens is 2. The summed E-state index contributed by atoms with van der Waals surface area (Å²) in [6.45, 7) is 4.46. The molecule has 2 aromatic rings. The molecule has 3 rings (SSSR count). The molecule has 0 spiro atoms. The first kappa shape index (κ1) is 18.3. The SMILES string of the molecule is CN1CCN(c2ccc(CCNC(=O)c3c(F)cccc3F)cc2)CC1. The van der Waals surface area contributed by atoms with Crippen molar-refractivity contribution in [1.82, 2.24) is 10.2 Å². The molecular weight excluding hydrogens is 336 g/mol. The molecule has 0 aromatic heterocycles. The van der Waals surface area contributed by atoms with Crippen molar-refractivity contribution in [3.05, 3.63) is 65.2 Å². The molecule has 138 valence electrons. The normalized spacial score (nSPS) is 15.1. The average molecular weight is 359 g/mol. The number of nitrogens with one attached hydrogen (secondary N) is 1. The number of carbonyl (C=O) groups is 1. The molecule has 26 heavy (non-hydrogen) atoms. The van der Waals surface area contributed by atoms with Gasteiger partial charge in [0.15, 0.2) is 0 Å². The Labute approximate surface area is 152 Å². The molecule has 1 aliphatic heterocycles. The fraction of sp³-hybridized carbons (Fsp3) is 0.350. The van der Waals surface area contributed by atoms with Gasteiger partial charge in [-0.2, -0.15) is 0 Å². The van der Waals surface area contributed by atoms with E-state index in [1.165, 1.54) is 11.8 Å². The van der Waals surface area contributed by atoms with Gasteiger partial charge < -0.3 is 15.1 Å². The van der Waals surface area contributed by atoms with E-state index in [9.17, 15) is 13.6 Å². The highest BCUT2D eigenvalue weighted by Gasteiger charge is 2.16. The number of hydrogen-bond donors (Lipinski definition) is 1. The molecule has 2 aromatic carbocycles. The van der Waals surface area contributed by atoms with Gasteiger partial charge >= 0.3 is 0 Å². The summed E-state index contributed by atoms with van der Waals surface area (Å²) in [5.41, 5.74) is 1.73. The molecule has 0 radical (unpaired) electrons. The van der Waals surface area contributed by atoms with E-state index in [-0.39, 0.29) is 0 Å². The van der Waals surface area contributed by atoms with Crippen LogP contribution in [0.3, 0.4) is 0 Å². The van der Waals surface area contributed by atoms with Gasteiger partial charge in [0.05, 0.1) is 0 Å². The molecule has 0 unspecified atom stereocenters. The standard InChI is InChI=1S/C20H23F2N3O/c1-24-11-13-25(14-12-24)16-7-5-15(6-8-16)9-10-23-20(26)19-17(21)3-2-4-18(19)22/h2-8H,9-14H2,1H3,(H,23,26). The van der Waals surface area contributed by atoms with Gasteiger partial charge in [-0.1, -0.05) is 18.2 Å². The first-order valence-electron chi connectivity index (χ1n) is 8.79. The molecule has 1 fully saturated rings. The van der Waals surface area contributed by atoms with Gasteiger partial charge in [-0.05, 0) is 43.3 Å². The van der Waals surface area contributed by atoms with Crippen LogP contribution >= 0.6 is 0 Å². The van der Waals surface area contributed by atoms with Gasteiger partial charge in [0.1, 0.15) is 17.2 Å². The number of piperazine rings is 1. The van der Waals surface area contributed by atoms with Crippen molar-refractivity contribution in [2.75, 3.05) is 44.7 Å². The Balaban J connectivity index is 1.51. The summed E-state index contributed by atoms with van der Waals surface area (Å²) in [7, 11) is 2.13.